The van der Waals surface area contributed by atoms with Crippen LogP contribution in [0.5, 0.6) is 0 Å². The second kappa shape index (κ2) is 2.39. The number of nitrogens with one attached hydrogen (secondary N) is 1. The van der Waals surface area contributed by atoms with Crippen molar-refractivity contribution >= 4 is 0 Å². The number of nitrogens with zero attached hydrogens (tertiary/aromatic N) is 3. The van der Waals surface area contributed by atoms with Crippen LogP contribution in [0.1, 0.15) is 22.9 Å². The summed E-state index contributed by atoms with van der Waals surface area (Å²) in [6.45, 7) is 0. The lowest BCUT2D eigenvalue weighted by Crippen LogP contribution is -2.19. The molecule has 0 radical (unpaired) electrons. The third-order valence-electron chi connectivity index (χ3n) is 2.53. The highest BCUT2D eigenvalue weighted by atomic mass is 15.5. The Morgan fingerprint density at radius 3 is 3.00 bits per heavy atom. The van der Waals surface area contributed by atoms with Gasteiger partial charge in [0, 0.05) is 0 Å². The molecule has 1 aromatic heterocycles. The summed E-state index contributed by atoms with van der Waals surface area (Å²) in [5.74, 6) is 1.16. The first-order valence-electron chi connectivity index (χ1n) is 4.26. The number of H-pyrrole nitrogens is 1. The zero-order chi connectivity index (χ0) is 8.67. The minimum Gasteiger partial charge on any atom is -0.177 e. The first-order valence-corrected chi connectivity index (χ1v) is 4.26. The molecule has 1 aliphatic rings. The molecule has 0 bridgehead atoms. The Balaban J connectivity index is 2.02. The average Bonchev–Trinajstić information content (AvgIpc) is 2.60. The summed E-state index contributed by atoms with van der Waals surface area (Å²) in [4.78, 5) is 0. The van der Waals surface area contributed by atoms with Crippen LogP contribution in [0.15, 0.2) is 24.3 Å². The number of aromatic amines is 1. The molecule has 1 aromatic carbocycles. The number of tetrazole rings is 1. The summed E-state index contributed by atoms with van der Waals surface area (Å²) >= 11 is 0. The summed E-state index contributed by atoms with van der Waals surface area (Å²) in [6, 6.07) is 8.38. The lowest BCUT2D eigenvalue weighted by molar-refractivity contribution is 0.661. The molecule has 3 rings (SSSR count). The van der Waals surface area contributed by atoms with Gasteiger partial charge in [-0.25, -0.2) is 0 Å². The van der Waals surface area contributed by atoms with Crippen LogP contribution >= 0.6 is 0 Å². The Hall–Kier alpha value is -1.71. The molecule has 13 heavy (non-hydrogen) atoms. The van der Waals surface area contributed by atoms with E-state index in [1.807, 2.05) is 6.07 Å². The van der Waals surface area contributed by atoms with Gasteiger partial charge in [0.2, 0.25) is 0 Å². The molecule has 0 spiro atoms. The van der Waals surface area contributed by atoms with Crippen LogP contribution in [0, 0.1) is 0 Å². The number of rotatable bonds is 1. The number of hydrogen-bond donors (Lipinski definition) is 1. The third kappa shape index (κ3) is 0.884. The number of hydrogen-bond acceptors (Lipinski definition) is 3. The largest absolute Gasteiger partial charge is 0.182 e. The van der Waals surface area contributed by atoms with Gasteiger partial charge in [0.05, 0.1) is 5.92 Å². The Labute approximate surface area is 75.0 Å². The van der Waals surface area contributed by atoms with Crippen LogP contribution < -0.4 is 0 Å². The van der Waals surface area contributed by atoms with Crippen molar-refractivity contribution in [3.8, 4) is 0 Å². The molecule has 2 aromatic rings. The summed E-state index contributed by atoms with van der Waals surface area (Å²) in [6.07, 6.45) is 1.04. The fourth-order valence-electron chi connectivity index (χ4n) is 1.81. The molecule has 0 saturated carbocycles. The second-order valence-electron chi connectivity index (χ2n) is 3.23. The Bertz CT molecular complexity index is 421. The maximum Gasteiger partial charge on any atom is 0.182 e. The van der Waals surface area contributed by atoms with E-state index in [0.29, 0.717) is 5.92 Å². The SMILES string of the molecule is c1ccc2c(c1)CC2c1nn[nH]n1. The minimum atomic E-state index is 0.356. The molecule has 1 N–H and O–H groups in total. The molecule has 4 heteroatoms. The van der Waals surface area contributed by atoms with Crippen molar-refractivity contribution < 1.29 is 0 Å². The summed E-state index contributed by atoms with van der Waals surface area (Å²) < 4.78 is 0. The second-order valence-corrected chi connectivity index (χ2v) is 3.23. The van der Waals surface area contributed by atoms with E-state index < -0.39 is 0 Å². The van der Waals surface area contributed by atoms with Crippen LogP contribution in [0.25, 0.3) is 0 Å². The lowest BCUT2D eigenvalue weighted by Gasteiger charge is -2.26. The fraction of sp³-hybridized carbons (Fsp3) is 0.222. The monoisotopic (exact) mass is 172 g/mol. The first-order chi connectivity index (χ1) is 6.45. The van der Waals surface area contributed by atoms with Crippen LogP contribution in [-0.2, 0) is 6.42 Å². The normalized spacial score (nSPS) is 19.2. The standard InChI is InChI=1S/C9H8N4/c1-2-4-7-6(3-1)5-8(7)9-10-12-13-11-9/h1-4,8H,5H2,(H,10,11,12,13). The van der Waals surface area contributed by atoms with Crippen molar-refractivity contribution in [3.05, 3.63) is 41.2 Å². The van der Waals surface area contributed by atoms with Gasteiger partial charge in [0.15, 0.2) is 5.82 Å². The maximum atomic E-state index is 3.99. The molecule has 1 unspecified atom stereocenters. The Morgan fingerprint density at radius 1 is 1.31 bits per heavy atom. The zero-order valence-corrected chi connectivity index (χ0v) is 6.94. The molecule has 1 aliphatic carbocycles. The topological polar surface area (TPSA) is 54.5 Å². The van der Waals surface area contributed by atoms with Gasteiger partial charge in [0.1, 0.15) is 0 Å². The van der Waals surface area contributed by atoms with Gasteiger partial charge in [-0.05, 0) is 17.5 Å². The van der Waals surface area contributed by atoms with Gasteiger partial charge in [-0.15, -0.1) is 10.2 Å². The molecule has 0 amide bonds. The molecule has 0 fully saturated rings. The van der Waals surface area contributed by atoms with Gasteiger partial charge in [0.25, 0.3) is 0 Å². The van der Waals surface area contributed by atoms with E-state index in [-0.39, 0.29) is 0 Å². The molecular weight excluding hydrogens is 164 g/mol. The van der Waals surface area contributed by atoms with Crippen molar-refractivity contribution in [2.24, 2.45) is 0 Å². The smallest absolute Gasteiger partial charge is 0.177 e. The van der Waals surface area contributed by atoms with E-state index in [4.69, 9.17) is 0 Å². The highest BCUT2D eigenvalue weighted by Crippen LogP contribution is 2.37. The summed E-state index contributed by atoms with van der Waals surface area (Å²) in [5.41, 5.74) is 2.74. The minimum absolute atomic E-state index is 0.356. The van der Waals surface area contributed by atoms with Gasteiger partial charge < -0.3 is 0 Å². The molecule has 4 nitrogen and oxygen atoms in total. The van der Waals surface area contributed by atoms with E-state index in [2.05, 4.69) is 38.8 Å². The van der Waals surface area contributed by atoms with Crippen LogP contribution in [0.3, 0.4) is 0 Å². The average molecular weight is 172 g/mol. The number of aromatic nitrogens is 4. The van der Waals surface area contributed by atoms with Crippen LogP contribution in [0.4, 0.5) is 0 Å². The van der Waals surface area contributed by atoms with Gasteiger partial charge in [-0.2, -0.15) is 5.21 Å². The summed E-state index contributed by atoms with van der Waals surface area (Å²) in [7, 11) is 0. The van der Waals surface area contributed by atoms with Crippen molar-refractivity contribution in [3.63, 3.8) is 0 Å². The molecule has 1 atom stereocenters. The summed E-state index contributed by atoms with van der Waals surface area (Å²) in [5, 5.41) is 14.0. The predicted molar refractivity (Wildman–Crippen MR) is 46.2 cm³/mol. The molecule has 64 valence electrons. The van der Waals surface area contributed by atoms with E-state index in [1.165, 1.54) is 11.1 Å². The van der Waals surface area contributed by atoms with Crippen LogP contribution in [-0.4, -0.2) is 20.6 Å². The Kier molecular flexibility index (Phi) is 1.24. The zero-order valence-electron chi connectivity index (χ0n) is 6.94. The fourth-order valence-corrected chi connectivity index (χ4v) is 1.81. The highest BCUT2D eigenvalue weighted by Gasteiger charge is 2.29. The third-order valence-corrected chi connectivity index (χ3v) is 2.53. The number of benzene rings is 1. The van der Waals surface area contributed by atoms with Crippen molar-refractivity contribution in [1.29, 1.82) is 0 Å². The van der Waals surface area contributed by atoms with Crippen LogP contribution in [0.2, 0.25) is 0 Å². The Morgan fingerprint density at radius 2 is 2.23 bits per heavy atom. The van der Waals surface area contributed by atoms with Gasteiger partial charge in [-0.1, -0.05) is 29.5 Å². The van der Waals surface area contributed by atoms with Gasteiger partial charge >= 0.3 is 0 Å². The maximum absolute atomic E-state index is 3.99. The molecular formula is C9H8N4. The van der Waals surface area contributed by atoms with Crippen molar-refractivity contribution in [2.75, 3.05) is 0 Å². The predicted octanol–water partition coefficient (Wildman–Crippen LogP) is 0.888. The first kappa shape index (κ1) is 6.77. The number of fused-ring (bicyclic) bond motifs is 1. The van der Waals surface area contributed by atoms with Crippen molar-refractivity contribution in [2.45, 2.75) is 12.3 Å². The lowest BCUT2D eigenvalue weighted by atomic mass is 9.77. The van der Waals surface area contributed by atoms with E-state index in [0.717, 1.165) is 12.2 Å². The van der Waals surface area contributed by atoms with E-state index in [9.17, 15) is 0 Å². The van der Waals surface area contributed by atoms with E-state index in [1.54, 1.807) is 0 Å². The molecule has 0 aliphatic heterocycles. The van der Waals surface area contributed by atoms with E-state index >= 15 is 0 Å². The van der Waals surface area contributed by atoms with Crippen molar-refractivity contribution in [1.82, 2.24) is 20.6 Å². The quantitative estimate of drug-likeness (QED) is 0.695. The molecule has 0 saturated heterocycles. The highest BCUT2D eigenvalue weighted by molar-refractivity contribution is 5.43. The van der Waals surface area contributed by atoms with Gasteiger partial charge in [-0.3, -0.25) is 0 Å². The molecule has 1 heterocycles.